The van der Waals surface area contributed by atoms with Crippen LogP contribution >= 0.6 is 40.2 Å². The number of hydrogen-bond acceptors (Lipinski definition) is 0. The lowest BCUT2D eigenvalue weighted by Crippen LogP contribution is -1.91. The molecule has 1 nitrogen and oxygen atoms in total. The van der Waals surface area contributed by atoms with E-state index in [2.05, 4.69) is 6.07 Å². The maximum Gasteiger partial charge on any atom is 0.564 e. The van der Waals surface area contributed by atoms with E-state index < -0.39 is 9.39 Å². The molecule has 6 heteroatoms. The summed E-state index contributed by atoms with van der Waals surface area (Å²) in [5, 5.41) is 2.36. The largest absolute Gasteiger partial charge is 0.564 e. The van der Waals surface area contributed by atoms with Crippen LogP contribution in [0.15, 0.2) is 47.3 Å². The Kier molecular flexibility index (Phi) is 5.49. The molecule has 0 aliphatic rings. The molecule has 0 amide bonds. The molecule has 0 saturated carbocycles. The molecular formula is C9H7AlCl4O. The predicted octanol–water partition coefficient (Wildman–Crippen LogP) is 5.09. The van der Waals surface area contributed by atoms with E-state index in [1.165, 1.54) is 5.39 Å². The molecule has 80 valence electrons. The van der Waals surface area contributed by atoms with Crippen LogP contribution in [-0.4, -0.2) is 9.39 Å². The Hall–Kier alpha value is 0.322. The highest BCUT2D eigenvalue weighted by Gasteiger charge is 2.14. The molecule has 0 bridgehead atoms. The second-order valence-corrected chi connectivity index (χ2v) is 15.5. The van der Waals surface area contributed by atoms with Crippen LogP contribution in [0.3, 0.4) is 0 Å². The average molecular weight is 300 g/mol. The van der Waals surface area contributed by atoms with Gasteiger partial charge < -0.3 is 40.2 Å². The summed E-state index contributed by atoms with van der Waals surface area (Å²) in [5.74, 6) is 0. The van der Waals surface area contributed by atoms with Crippen molar-refractivity contribution in [3.05, 3.63) is 42.9 Å². The maximum absolute atomic E-state index is 4.99. The highest BCUT2D eigenvalue weighted by molar-refractivity contribution is 7.81. The van der Waals surface area contributed by atoms with Crippen LogP contribution < -0.4 is 0 Å². The van der Waals surface area contributed by atoms with E-state index in [9.17, 15) is 0 Å². The molecule has 1 aromatic heterocycles. The molecule has 0 aliphatic carbocycles. The molecule has 2 rings (SSSR count). The van der Waals surface area contributed by atoms with E-state index in [4.69, 9.17) is 44.6 Å². The molecule has 0 atom stereocenters. The molecular weight excluding hydrogens is 293 g/mol. The second kappa shape index (κ2) is 6.16. The first-order chi connectivity index (χ1) is 6.97. The molecule has 1 heterocycles. The number of halogens is 4. The van der Waals surface area contributed by atoms with E-state index >= 15 is 0 Å². The minimum atomic E-state index is -2.94. The molecule has 0 N–H and O–H groups in total. The number of fused-ring (bicyclic) bond motifs is 1. The van der Waals surface area contributed by atoms with Crippen LogP contribution in [-0.2, 0) is 0 Å². The molecule has 1 aromatic carbocycles. The zero-order valence-electron chi connectivity index (χ0n) is 7.54. The summed E-state index contributed by atoms with van der Waals surface area (Å²) in [5.41, 5.74) is 0. The molecule has 15 heavy (non-hydrogen) atoms. The molecule has 0 saturated heterocycles. The zero-order chi connectivity index (χ0) is 11.3. The summed E-state index contributed by atoms with van der Waals surface area (Å²) >= 11 is 0. The van der Waals surface area contributed by atoms with E-state index in [1.54, 1.807) is 12.5 Å². The maximum atomic E-state index is 4.99. The lowest BCUT2D eigenvalue weighted by atomic mass is 10.2. The Morgan fingerprint density at radius 1 is 0.867 bits per heavy atom. The minimum absolute atomic E-state index is 1.14. The van der Waals surface area contributed by atoms with Gasteiger partial charge in [-0.1, -0.05) is 18.2 Å². The summed E-state index contributed by atoms with van der Waals surface area (Å²) in [4.78, 5) is 0. The fourth-order valence-electron chi connectivity index (χ4n) is 0.995. The van der Waals surface area contributed by atoms with Crippen molar-refractivity contribution in [2.24, 2.45) is 0 Å². The van der Waals surface area contributed by atoms with E-state index in [0.29, 0.717) is 0 Å². The topological polar surface area (TPSA) is 11.3 Å². The third-order valence-corrected chi connectivity index (χ3v) is 1.52. The van der Waals surface area contributed by atoms with E-state index in [1.807, 2.05) is 24.3 Å². The van der Waals surface area contributed by atoms with Gasteiger partial charge in [0, 0.05) is 6.07 Å². The smallest absolute Gasteiger partial charge is 0.391 e. The second-order valence-electron chi connectivity index (χ2n) is 2.68. The van der Waals surface area contributed by atoms with E-state index in [-0.39, 0.29) is 0 Å². The first-order valence-corrected chi connectivity index (χ1v) is 11.1. The van der Waals surface area contributed by atoms with Crippen molar-refractivity contribution in [1.29, 1.82) is 0 Å². The third-order valence-electron chi connectivity index (χ3n) is 1.52. The number of rotatable bonds is 0. The summed E-state index contributed by atoms with van der Waals surface area (Å²) < 4.78 is 4.99. The van der Waals surface area contributed by atoms with Gasteiger partial charge in [-0.05, 0) is 11.5 Å². The van der Waals surface area contributed by atoms with Gasteiger partial charge in [-0.25, -0.2) is 4.42 Å². The van der Waals surface area contributed by atoms with Crippen molar-refractivity contribution >= 4 is 60.4 Å². The lowest BCUT2D eigenvalue weighted by Gasteiger charge is -1.97. The van der Waals surface area contributed by atoms with Crippen molar-refractivity contribution in [2.45, 2.75) is 0 Å². The average Bonchev–Trinajstić information content (AvgIpc) is 2.16. The highest BCUT2D eigenvalue weighted by atomic mass is 35.9. The van der Waals surface area contributed by atoms with Gasteiger partial charge in [0.15, 0.2) is 0 Å². The third kappa shape index (κ3) is 6.48. The predicted molar refractivity (Wildman–Crippen MR) is 69.8 cm³/mol. The molecule has 0 spiro atoms. The van der Waals surface area contributed by atoms with Gasteiger partial charge in [-0.2, -0.15) is 0 Å². The van der Waals surface area contributed by atoms with Gasteiger partial charge in [-0.15, -0.1) is 0 Å². The van der Waals surface area contributed by atoms with Crippen molar-refractivity contribution in [1.82, 2.24) is 0 Å². The zero-order valence-corrected chi connectivity index (χ0v) is 11.7. The van der Waals surface area contributed by atoms with Crippen LogP contribution in [0.1, 0.15) is 0 Å². The highest BCUT2D eigenvalue weighted by Crippen LogP contribution is 2.23. The van der Waals surface area contributed by atoms with Crippen molar-refractivity contribution in [3.63, 3.8) is 0 Å². The number of benzene rings is 1. The standard InChI is InChI=1S/C9H7O.Al.4ClH/c1-2-4-9-7-10-6-5-8(9)3-1;;;;;/h1-7H;;4*1H/q+1;+3;;;;/p-4. The Bertz CT molecular complexity index is 358. The number of hydrogen-bond donors (Lipinski definition) is 0. The summed E-state index contributed by atoms with van der Waals surface area (Å²) in [6, 6.07) is 10.1. The first-order valence-electron chi connectivity index (χ1n) is 4.08. The summed E-state index contributed by atoms with van der Waals surface area (Å²) in [6.07, 6.45) is 3.43. The Labute approximate surface area is 107 Å². The van der Waals surface area contributed by atoms with Crippen LogP contribution in [0, 0.1) is 0 Å². The molecule has 0 radical (unpaired) electrons. The van der Waals surface area contributed by atoms with E-state index in [0.717, 1.165) is 5.39 Å². The molecule has 0 fully saturated rings. The van der Waals surface area contributed by atoms with Gasteiger partial charge in [0.05, 0.1) is 5.39 Å². The molecule has 2 aromatic rings. The summed E-state index contributed by atoms with van der Waals surface area (Å²) in [7, 11) is 17.0. The molecule has 0 unspecified atom stereocenters. The first kappa shape index (κ1) is 13.4. The fraction of sp³-hybridized carbons (Fsp3) is 0. The summed E-state index contributed by atoms with van der Waals surface area (Å²) in [6.45, 7) is 0. The Balaban J connectivity index is 0.000000195. The SMILES string of the molecule is [Cl][Al-]([Cl])([Cl])[Cl].c1ccc2c[o+]ccc2c1. The molecule has 0 aliphatic heterocycles. The Morgan fingerprint density at radius 3 is 1.93 bits per heavy atom. The van der Waals surface area contributed by atoms with Crippen LogP contribution in [0.25, 0.3) is 10.8 Å². The van der Waals surface area contributed by atoms with Crippen LogP contribution in [0.5, 0.6) is 0 Å². The minimum Gasteiger partial charge on any atom is -0.391 e. The normalized spacial score (nSPS) is 10.7. The van der Waals surface area contributed by atoms with Gasteiger partial charge >= 0.3 is 21.9 Å². The monoisotopic (exact) mass is 298 g/mol. The van der Waals surface area contributed by atoms with Crippen LogP contribution in [0.2, 0.25) is 0 Å². The Morgan fingerprint density at radius 2 is 1.40 bits per heavy atom. The van der Waals surface area contributed by atoms with Gasteiger partial charge in [0.25, 0.3) is 0 Å². The van der Waals surface area contributed by atoms with Gasteiger partial charge in [-0.3, -0.25) is 0 Å². The van der Waals surface area contributed by atoms with Crippen molar-refractivity contribution in [2.75, 3.05) is 0 Å². The van der Waals surface area contributed by atoms with Crippen molar-refractivity contribution < 1.29 is 4.42 Å². The van der Waals surface area contributed by atoms with Crippen molar-refractivity contribution in [3.8, 4) is 0 Å². The fourth-order valence-corrected chi connectivity index (χ4v) is 0.995. The van der Waals surface area contributed by atoms with Crippen LogP contribution in [0.4, 0.5) is 0 Å². The quantitative estimate of drug-likeness (QED) is 0.487. The van der Waals surface area contributed by atoms with Gasteiger partial charge in [0.2, 0.25) is 0 Å². The lowest BCUT2D eigenvalue weighted by molar-refractivity contribution is 0.557. The van der Waals surface area contributed by atoms with Gasteiger partial charge in [0.1, 0.15) is 0 Å².